The van der Waals surface area contributed by atoms with Crippen molar-refractivity contribution in [3.63, 3.8) is 0 Å². The lowest BCUT2D eigenvalue weighted by Gasteiger charge is -2.49. The molecule has 2 amide bonds. The first-order valence-corrected chi connectivity index (χ1v) is 15.6. The number of anilines is 1. The maximum atomic E-state index is 13.5. The number of ether oxygens (including phenoxy) is 1. The van der Waals surface area contributed by atoms with Crippen LogP contribution in [0, 0.1) is 5.92 Å². The molecule has 0 aromatic carbocycles. The van der Waals surface area contributed by atoms with E-state index in [0.717, 1.165) is 29.1 Å². The third kappa shape index (κ3) is 6.11. The fraction of sp³-hybridized carbons (Fsp3) is 0.417. The van der Waals surface area contributed by atoms with Gasteiger partial charge in [0.05, 0.1) is 11.1 Å². The van der Waals surface area contributed by atoms with Crippen LogP contribution in [0.5, 0.6) is 5.88 Å². The van der Waals surface area contributed by atoms with Crippen molar-refractivity contribution < 1.29 is 38.5 Å². The van der Waals surface area contributed by atoms with Crippen LogP contribution in [0.25, 0.3) is 6.08 Å². The van der Waals surface area contributed by atoms with Crippen LogP contribution in [0.3, 0.4) is 0 Å². The Hall–Kier alpha value is -3.91. The molecule has 3 aliphatic rings. The number of hydrogen-bond donors (Lipinski definition) is 3. The molecule has 5 atom stereocenters. The van der Waals surface area contributed by atoms with E-state index in [1.807, 2.05) is 6.92 Å². The lowest BCUT2D eigenvalue weighted by molar-refractivity contribution is -0.267. The summed E-state index contributed by atoms with van der Waals surface area (Å²) < 4.78 is 9.36. The van der Waals surface area contributed by atoms with E-state index >= 15 is 0 Å². The molecule has 2 aromatic heterocycles. The summed E-state index contributed by atoms with van der Waals surface area (Å²) in [5, 5.41) is 13.0. The number of β-lactam (4-membered cyclic amide) rings is 1. The Balaban J connectivity index is 1.30. The Bertz CT molecular complexity index is 1490. The number of carbonyl (C=O) groups is 4. The molecule has 43 heavy (non-hydrogen) atoms. The molecule has 2 saturated heterocycles. The number of thioether (sulfide) groups is 1. The molecule has 19 heteroatoms. The van der Waals surface area contributed by atoms with Crippen molar-refractivity contribution >= 4 is 75.8 Å². The van der Waals surface area contributed by atoms with Gasteiger partial charge in [0.25, 0.3) is 17.7 Å². The number of rotatable bonds is 11. The number of aromatic nitrogens is 3. The number of thiazole rings is 1. The molecule has 5 N–H and O–H groups in total. The minimum atomic E-state index is -1.52. The SMILES string of the molecule is CCC(C)C1(N)C(=O)OOC1COC(=O)C1=C(/C=C\c2csnn2)CSC2C(NC(=O)/C=N\Oc3csc(N)n3)C(=O)N12. The van der Waals surface area contributed by atoms with Crippen molar-refractivity contribution in [2.45, 2.75) is 43.3 Å². The van der Waals surface area contributed by atoms with Gasteiger partial charge >= 0.3 is 11.9 Å². The lowest BCUT2D eigenvalue weighted by Crippen LogP contribution is -2.70. The predicted molar refractivity (Wildman–Crippen MR) is 155 cm³/mol. The monoisotopic (exact) mass is 650 g/mol. The van der Waals surface area contributed by atoms with Gasteiger partial charge in [-0.05, 0) is 29.1 Å². The molecule has 2 aromatic rings. The third-order valence-corrected chi connectivity index (χ3v) is 9.54. The normalized spacial score (nSPS) is 25.9. The number of hydrogen-bond acceptors (Lipinski definition) is 17. The molecular formula is C24H26N8O8S3. The maximum absolute atomic E-state index is 13.5. The largest absolute Gasteiger partial charge is 0.458 e. The van der Waals surface area contributed by atoms with Crippen molar-refractivity contribution in [2.24, 2.45) is 16.8 Å². The number of amides is 2. The predicted octanol–water partition coefficient (Wildman–Crippen LogP) is 0.453. The van der Waals surface area contributed by atoms with Crippen molar-refractivity contribution in [1.82, 2.24) is 24.8 Å². The summed E-state index contributed by atoms with van der Waals surface area (Å²) in [6.07, 6.45) is 3.66. The highest BCUT2D eigenvalue weighted by atomic mass is 32.2. The van der Waals surface area contributed by atoms with Gasteiger partial charge in [-0.25, -0.2) is 9.59 Å². The van der Waals surface area contributed by atoms with Gasteiger partial charge in [-0.2, -0.15) is 9.87 Å². The Labute approximate surface area is 256 Å². The number of oxime groups is 1. The molecule has 2 fully saturated rings. The first-order chi connectivity index (χ1) is 20.6. The highest BCUT2D eigenvalue weighted by molar-refractivity contribution is 8.00. The number of fused-ring (bicyclic) bond motifs is 1. The zero-order valence-corrected chi connectivity index (χ0v) is 25.1. The van der Waals surface area contributed by atoms with E-state index in [2.05, 4.69) is 25.0 Å². The van der Waals surface area contributed by atoms with Crippen molar-refractivity contribution in [2.75, 3.05) is 18.1 Å². The van der Waals surface area contributed by atoms with E-state index in [1.54, 1.807) is 24.5 Å². The van der Waals surface area contributed by atoms with Gasteiger partial charge in [0.15, 0.2) is 16.8 Å². The number of allylic oxidation sites excluding steroid dienone is 1. The molecule has 228 valence electrons. The topological polar surface area (TPSA) is 224 Å². The van der Waals surface area contributed by atoms with Gasteiger partial charge in [-0.1, -0.05) is 36.0 Å². The fourth-order valence-corrected chi connectivity index (χ4v) is 6.65. The van der Waals surface area contributed by atoms with E-state index in [-0.39, 0.29) is 22.6 Å². The molecule has 5 rings (SSSR count). The quantitative estimate of drug-likeness (QED) is 0.0988. The average molecular weight is 651 g/mol. The molecule has 0 aliphatic carbocycles. The fourth-order valence-electron chi connectivity index (χ4n) is 4.45. The molecular weight excluding hydrogens is 625 g/mol. The van der Waals surface area contributed by atoms with Crippen LogP contribution in [0.4, 0.5) is 5.13 Å². The molecule has 5 heterocycles. The number of nitrogen functional groups attached to an aromatic ring is 1. The Morgan fingerprint density at radius 2 is 2.16 bits per heavy atom. The van der Waals surface area contributed by atoms with Crippen molar-refractivity contribution in [3.05, 3.63) is 33.8 Å². The molecule has 0 radical (unpaired) electrons. The second-order valence-electron chi connectivity index (χ2n) is 9.58. The molecule has 16 nitrogen and oxygen atoms in total. The Morgan fingerprint density at radius 1 is 1.35 bits per heavy atom. The van der Waals surface area contributed by atoms with Crippen LogP contribution >= 0.6 is 34.6 Å². The zero-order chi connectivity index (χ0) is 30.7. The van der Waals surface area contributed by atoms with Crippen LogP contribution in [-0.4, -0.2) is 84.9 Å². The summed E-state index contributed by atoms with van der Waals surface area (Å²) in [6.45, 7) is 3.23. The van der Waals surface area contributed by atoms with Crippen molar-refractivity contribution in [1.29, 1.82) is 0 Å². The van der Waals surface area contributed by atoms with Gasteiger partial charge in [-0.15, -0.1) is 28.2 Å². The minimum absolute atomic E-state index is 0.0202. The average Bonchev–Trinajstić information content (AvgIpc) is 3.74. The molecule has 0 saturated carbocycles. The van der Waals surface area contributed by atoms with Crippen LogP contribution in [0.1, 0.15) is 26.0 Å². The van der Waals surface area contributed by atoms with E-state index < -0.39 is 53.4 Å². The number of esters is 1. The maximum Gasteiger partial charge on any atom is 0.365 e. The number of nitrogens with two attached hydrogens (primary N) is 2. The van der Waals surface area contributed by atoms with E-state index in [9.17, 15) is 19.2 Å². The molecule has 3 aliphatic heterocycles. The standard InChI is InChI=1S/C24H26N8O8S3/c1-3-11(2)24(26)14(39-40-22(24)36)7-37-21(35)18-12(4-5-13-9-43-31-30-13)8-41-20-17(19(34)32(18)20)28-15(33)6-27-38-16-10-42-23(25)29-16/h4-6,9-11,14,17,20H,3,7-8,26H2,1-2H3,(H2,25,29)(H,28,33)/b5-4-,27-6-. The summed E-state index contributed by atoms with van der Waals surface area (Å²) in [4.78, 5) is 71.5. The Morgan fingerprint density at radius 3 is 2.86 bits per heavy atom. The number of carbonyl (C=O) groups excluding carboxylic acids is 4. The van der Waals surface area contributed by atoms with Gasteiger partial charge in [0.2, 0.25) is 0 Å². The van der Waals surface area contributed by atoms with Gasteiger partial charge in [0, 0.05) is 11.1 Å². The van der Waals surface area contributed by atoms with Crippen LogP contribution in [0.2, 0.25) is 0 Å². The van der Waals surface area contributed by atoms with E-state index in [1.165, 1.54) is 22.0 Å². The number of nitrogens with zero attached hydrogens (tertiary/aromatic N) is 5. The van der Waals surface area contributed by atoms with Crippen LogP contribution in [0.15, 0.2) is 33.3 Å². The van der Waals surface area contributed by atoms with Crippen LogP contribution in [-0.2, 0) is 33.7 Å². The highest BCUT2D eigenvalue weighted by Gasteiger charge is 2.57. The molecule has 0 bridgehead atoms. The first-order valence-electron chi connectivity index (χ1n) is 12.8. The summed E-state index contributed by atoms with van der Waals surface area (Å²) >= 11 is 3.64. The highest BCUT2D eigenvalue weighted by Crippen LogP contribution is 2.41. The molecule has 0 spiro atoms. The Kier molecular flexibility index (Phi) is 9.06. The van der Waals surface area contributed by atoms with E-state index in [4.69, 9.17) is 30.8 Å². The van der Waals surface area contributed by atoms with Gasteiger partial charge in [0.1, 0.15) is 29.9 Å². The summed E-state index contributed by atoms with van der Waals surface area (Å²) in [5.74, 6) is -2.73. The minimum Gasteiger partial charge on any atom is -0.458 e. The zero-order valence-electron chi connectivity index (χ0n) is 22.7. The first kappa shape index (κ1) is 30.5. The molecule has 5 unspecified atom stereocenters. The second-order valence-corrected chi connectivity index (χ2v) is 12.2. The lowest BCUT2D eigenvalue weighted by atomic mass is 9.80. The summed E-state index contributed by atoms with van der Waals surface area (Å²) in [7, 11) is 0. The van der Waals surface area contributed by atoms with Crippen molar-refractivity contribution in [3.8, 4) is 5.88 Å². The van der Waals surface area contributed by atoms with Crippen LogP contribution < -0.4 is 21.6 Å². The van der Waals surface area contributed by atoms with Gasteiger partial charge < -0.3 is 26.4 Å². The van der Waals surface area contributed by atoms with E-state index in [0.29, 0.717) is 23.4 Å². The second kappa shape index (κ2) is 12.8. The van der Waals surface area contributed by atoms with Gasteiger partial charge in [-0.3, -0.25) is 19.4 Å². The summed E-state index contributed by atoms with van der Waals surface area (Å²) in [6, 6.07) is -0.943. The summed E-state index contributed by atoms with van der Waals surface area (Å²) in [5.41, 5.74) is 11.4. The third-order valence-electron chi connectivity index (χ3n) is 7.06. The smallest absolute Gasteiger partial charge is 0.365 e. The number of nitrogens with one attached hydrogen (secondary N) is 1.